The maximum atomic E-state index is 5.42. The van der Waals surface area contributed by atoms with Crippen LogP contribution in [0.2, 0.25) is 0 Å². The minimum absolute atomic E-state index is 0. The van der Waals surface area contributed by atoms with E-state index in [2.05, 4.69) is 91.0 Å². The number of imidazole rings is 1. The Morgan fingerprint density at radius 1 is 0.756 bits per heavy atom. The van der Waals surface area contributed by atoms with Gasteiger partial charge < -0.3 is 0 Å². The molecule has 4 aromatic rings. The predicted octanol–water partition coefficient (Wildman–Crippen LogP) is 8.41. The molecule has 1 aromatic carbocycles. The zero-order chi connectivity index (χ0) is 28.2. The first kappa shape index (κ1) is 27.4. The van der Waals surface area contributed by atoms with Gasteiger partial charge in [-0.3, -0.25) is 4.40 Å². The summed E-state index contributed by atoms with van der Waals surface area (Å²) >= 11 is 0. The lowest BCUT2D eigenvalue weighted by Crippen LogP contribution is -2.48. The summed E-state index contributed by atoms with van der Waals surface area (Å²) in [5.41, 5.74) is 8.68. The third-order valence-electron chi connectivity index (χ3n) is 13.1. The summed E-state index contributed by atoms with van der Waals surface area (Å²) in [6.07, 6.45) is 8.34. The Bertz CT molecular complexity index is 1710. The van der Waals surface area contributed by atoms with Crippen molar-refractivity contribution in [2.75, 3.05) is 0 Å². The third kappa shape index (κ3) is 3.33. The van der Waals surface area contributed by atoms with E-state index in [-0.39, 0.29) is 35.5 Å². The van der Waals surface area contributed by atoms with Crippen LogP contribution in [-0.2, 0) is 21.7 Å². The van der Waals surface area contributed by atoms with Crippen molar-refractivity contribution in [3.05, 3.63) is 46.9 Å². The summed E-state index contributed by atoms with van der Waals surface area (Å²) in [5.74, 6) is 3.77. The molecular formula is C36H46BN4. The van der Waals surface area contributed by atoms with Crippen molar-refractivity contribution in [2.45, 2.75) is 122 Å². The molecule has 5 heteroatoms. The Morgan fingerprint density at radius 3 is 1.88 bits per heavy atom. The second-order valence-corrected chi connectivity index (χ2v) is 17.0. The molecule has 0 amide bonds. The van der Waals surface area contributed by atoms with Crippen molar-refractivity contribution >= 4 is 36.1 Å². The van der Waals surface area contributed by atoms with Crippen LogP contribution < -0.4 is 0 Å². The largest absolute Gasteiger partial charge is 0.279 e. The van der Waals surface area contributed by atoms with Gasteiger partial charge in [-0.1, -0.05) is 62.3 Å². The van der Waals surface area contributed by atoms with Gasteiger partial charge in [-0.25, -0.2) is 15.0 Å². The van der Waals surface area contributed by atoms with Crippen molar-refractivity contribution in [3.8, 4) is 0 Å². The summed E-state index contributed by atoms with van der Waals surface area (Å²) in [6, 6.07) is 9.49. The number of rotatable bonds is 1. The molecule has 0 N–H and O–H groups in total. The van der Waals surface area contributed by atoms with Crippen molar-refractivity contribution in [1.29, 1.82) is 0 Å². The van der Waals surface area contributed by atoms with Crippen LogP contribution in [0.5, 0.6) is 0 Å². The topological polar surface area (TPSA) is 43.1 Å². The van der Waals surface area contributed by atoms with Crippen molar-refractivity contribution in [1.82, 2.24) is 19.4 Å². The fraction of sp³-hybridized carbons (Fsp3) is 0.639. The quantitative estimate of drug-likeness (QED) is 0.226. The van der Waals surface area contributed by atoms with E-state index in [4.69, 9.17) is 15.0 Å². The SMILES string of the molecule is CC(C)(C)c1nc2nc(C34CC5CC(CC(C5)C3)C4)ccc2c2nc3cc4c(cc3n12)C(C)(C)C(C)(C)C4(C)C.[B]. The van der Waals surface area contributed by atoms with Gasteiger partial charge in [-0.05, 0) is 108 Å². The summed E-state index contributed by atoms with van der Waals surface area (Å²) < 4.78 is 2.36. The van der Waals surface area contributed by atoms with E-state index < -0.39 is 0 Å². The highest BCUT2D eigenvalue weighted by atomic mass is 15.1. The molecule has 4 bridgehead atoms. The van der Waals surface area contributed by atoms with Gasteiger partial charge in [-0.2, -0.15) is 0 Å². The van der Waals surface area contributed by atoms with Gasteiger partial charge in [0.2, 0.25) is 0 Å². The molecule has 0 atom stereocenters. The molecule has 4 saturated carbocycles. The first-order valence-corrected chi connectivity index (χ1v) is 15.8. The van der Waals surface area contributed by atoms with Crippen LogP contribution in [0.3, 0.4) is 0 Å². The molecule has 3 radical (unpaired) electrons. The molecule has 3 heterocycles. The molecule has 3 aromatic heterocycles. The first-order valence-electron chi connectivity index (χ1n) is 15.8. The Balaban J connectivity index is 0.00000276. The van der Waals surface area contributed by atoms with E-state index in [9.17, 15) is 0 Å². The van der Waals surface area contributed by atoms with Crippen LogP contribution in [0.4, 0.5) is 0 Å². The van der Waals surface area contributed by atoms with Gasteiger partial charge in [0.25, 0.3) is 0 Å². The predicted molar refractivity (Wildman–Crippen MR) is 170 cm³/mol. The number of hydrogen-bond donors (Lipinski definition) is 0. The second kappa shape index (κ2) is 7.94. The summed E-state index contributed by atoms with van der Waals surface area (Å²) in [4.78, 5) is 16.2. The molecule has 41 heavy (non-hydrogen) atoms. The van der Waals surface area contributed by atoms with Crippen molar-refractivity contribution in [3.63, 3.8) is 0 Å². The number of benzene rings is 1. The third-order valence-corrected chi connectivity index (χ3v) is 13.1. The fourth-order valence-electron chi connectivity index (χ4n) is 10.1. The van der Waals surface area contributed by atoms with Crippen LogP contribution in [-0.4, -0.2) is 27.8 Å². The highest BCUT2D eigenvalue weighted by Gasteiger charge is 2.57. The zero-order valence-corrected chi connectivity index (χ0v) is 26.7. The Kier molecular flexibility index (Phi) is 5.31. The molecule has 0 spiro atoms. The van der Waals surface area contributed by atoms with Crippen LogP contribution in [0.1, 0.15) is 123 Å². The van der Waals surface area contributed by atoms with E-state index >= 15 is 0 Å². The van der Waals surface area contributed by atoms with Crippen molar-refractivity contribution in [2.24, 2.45) is 23.2 Å². The van der Waals surface area contributed by atoms with Gasteiger partial charge in [0.05, 0.1) is 16.4 Å². The maximum absolute atomic E-state index is 5.42. The molecule has 0 aliphatic heterocycles. The molecule has 5 aliphatic rings. The van der Waals surface area contributed by atoms with Gasteiger partial charge in [0.15, 0.2) is 11.3 Å². The number of aromatic nitrogens is 4. The Hall–Kier alpha value is -2.43. The molecule has 4 nitrogen and oxygen atoms in total. The summed E-state index contributed by atoms with van der Waals surface area (Å²) in [6.45, 7) is 21.4. The molecular weight excluding hydrogens is 499 g/mol. The highest BCUT2D eigenvalue weighted by molar-refractivity contribution is 5.96. The van der Waals surface area contributed by atoms with E-state index in [0.717, 1.165) is 45.8 Å². The Morgan fingerprint density at radius 2 is 1.32 bits per heavy atom. The lowest BCUT2D eigenvalue weighted by atomic mass is 9.49. The van der Waals surface area contributed by atoms with Gasteiger partial charge >= 0.3 is 0 Å². The van der Waals surface area contributed by atoms with Gasteiger partial charge in [-0.15, -0.1) is 0 Å². The molecule has 0 saturated heterocycles. The molecule has 0 unspecified atom stereocenters. The first-order chi connectivity index (χ1) is 18.6. The monoisotopic (exact) mass is 545 g/mol. The normalized spacial score (nSPS) is 30.7. The van der Waals surface area contributed by atoms with E-state index in [0.29, 0.717) is 0 Å². The minimum Gasteiger partial charge on any atom is -0.279 e. The summed E-state index contributed by atoms with van der Waals surface area (Å²) in [7, 11) is 0. The average molecular weight is 546 g/mol. The molecule has 4 fully saturated rings. The van der Waals surface area contributed by atoms with Crippen LogP contribution in [0, 0.1) is 23.2 Å². The molecule has 9 rings (SSSR count). The van der Waals surface area contributed by atoms with E-state index in [1.54, 1.807) is 0 Å². The second-order valence-electron chi connectivity index (χ2n) is 17.0. The van der Waals surface area contributed by atoms with Crippen LogP contribution >= 0.6 is 0 Å². The number of fused-ring (bicyclic) bond motifs is 6. The standard InChI is InChI=1S/C36H46N4.B/c1-32(2,3)31-39-29-23(10-11-28(38-29)36-17-20-12-21(18-36)14-22(13-20)19-36)30-37-26-15-24-25(16-27(26)40(30)31)34(6,7)35(8,9)33(24,4)5;/h10-11,15-16,20-22H,12-14,17-19H2,1-9H3;. The number of hydrogen-bond acceptors (Lipinski definition) is 3. The smallest absolute Gasteiger partial charge is 0.165 e. The van der Waals surface area contributed by atoms with Gasteiger partial charge in [0.1, 0.15) is 5.82 Å². The maximum Gasteiger partial charge on any atom is 0.165 e. The van der Waals surface area contributed by atoms with Crippen LogP contribution in [0.15, 0.2) is 24.3 Å². The number of pyridine rings is 1. The lowest BCUT2D eigenvalue weighted by molar-refractivity contribution is -0.00707. The van der Waals surface area contributed by atoms with E-state index in [1.807, 2.05) is 0 Å². The average Bonchev–Trinajstić information content (AvgIpc) is 3.28. The minimum atomic E-state index is -0.147. The molecule has 213 valence electrons. The number of nitrogens with zero attached hydrogens (tertiary/aromatic N) is 4. The van der Waals surface area contributed by atoms with Gasteiger partial charge in [0, 0.05) is 24.9 Å². The Labute approximate surface area is 247 Å². The van der Waals surface area contributed by atoms with Crippen LogP contribution in [0.25, 0.3) is 27.7 Å². The fourth-order valence-corrected chi connectivity index (χ4v) is 10.1. The highest BCUT2D eigenvalue weighted by Crippen LogP contribution is 2.62. The van der Waals surface area contributed by atoms with E-state index in [1.165, 1.54) is 60.9 Å². The lowest BCUT2D eigenvalue weighted by Gasteiger charge is -2.56. The summed E-state index contributed by atoms with van der Waals surface area (Å²) in [5, 5.41) is 1.08. The molecule has 5 aliphatic carbocycles. The van der Waals surface area contributed by atoms with Crippen molar-refractivity contribution < 1.29 is 0 Å². The zero-order valence-electron chi connectivity index (χ0n) is 26.7.